The Balaban J connectivity index is 1.91. The summed E-state index contributed by atoms with van der Waals surface area (Å²) in [6.45, 7) is 10.7. The highest BCUT2D eigenvalue weighted by molar-refractivity contribution is 5.79. The molecule has 1 fully saturated rings. The number of carbonyl (C=O) groups is 2. The molecule has 0 aliphatic carbocycles. The first-order valence-electron chi connectivity index (χ1n) is 7.90. The van der Waals surface area contributed by atoms with E-state index < -0.39 is 0 Å². The van der Waals surface area contributed by atoms with Crippen molar-refractivity contribution in [2.75, 3.05) is 26.2 Å². The molecule has 0 N–H and O–H groups in total. The minimum Gasteiger partial charge on any atom is -0.339 e. The van der Waals surface area contributed by atoms with Crippen molar-refractivity contribution < 1.29 is 9.59 Å². The second-order valence-corrected chi connectivity index (χ2v) is 7.01. The number of rotatable bonds is 2. The Kier molecular flexibility index (Phi) is 4.89. The van der Waals surface area contributed by atoms with E-state index in [-0.39, 0.29) is 17.2 Å². The van der Waals surface area contributed by atoms with Gasteiger partial charge in [-0.25, -0.2) is 0 Å². The van der Waals surface area contributed by atoms with Crippen LogP contribution >= 0.6 is 0 Å². The standard InChI is InChI=1S/C18H26N2O2/c1-14(21)19-9-11-20(12-10-19)17(22)13-15-5-7-16(8-6-15)18(2,3)4/h5-8H,9-13H2,1-4H3. The smallest absolute Gasteiger partial charge is 0.227 e. The lowest BCUT2D eigenvalue weighted by atomic mass is 9.86. The molecular formula is C18H26N2O2. The van der Waals surface area contributed by atoms with Gasteiger partial charge in [-0.1, -0.05) is 45.0 Å². The van der Waals surface area contributed by atoms with E-state index in [1.54, 1.807) is 11.8 Å². The molecule has 0 spiro atoms. The van der Waals surface area contributed by atoms with Crippen molar-refractivity contribution in [1.82, 2.24) is 9.80 Å². The molecule has 0 radical (unpaired) electrons. The Morgan fingerprint density at radius 3 is 1.91 bits per heavy atom. The van der Waals surface area contributed by atoms with Gasteiger partial charge < -0.3 is 9.80 Å². The lowest BCUT2D eigenvalue weighted by Gasteiger charge is -2.34. The maximum Gasteiger partial charge on any atom is 0.227 e. The number of hydrogen-bond acceptors (Lipinski definition) is 2. The molecule has 22 heavy (non-hydrogen) atoms. The van der Waals surface area contributed by atoms with Gasteiger partial charge in [0.2, 0.25) is 11.8 Å². The quantitative estimate of drug-likeness (QED) is 0.840. The Bertz CT molecular complexity index is 535. The van der Waals surface area contributed by atoms with Gasteiger partial charge in [0.15, 0.2) is 0 Å². The van der Waals surface area contributed by atoms with Crippen molar-refractivity contribution in [2.24, 2.45) is 0 Å². The Morgan fingerprint density at radius 2 is 1.45 bits per heavy atom. The van der Waals surface area contributed by atoms with Gasteiger partial charge in [-0.15, -0.1) is 0 Å². The fourth-order valence-electron chi connectivity index (χ4n) is 2.68. The van der Waals surface area contributed by atoms with Crippen LogP contribution < -0.4 is 0 Å². The molecule has 2 amide bonds. The lowest BCUT2D eigenvalue weighted by molar-refractivity contribution is -0.138. The van der Waals surface area contributed by atoms with Crippen LogP contribution in [-0.2, 0) is 21.4 Å². The van der Waals surface area contributed by atoms with Crippen molar-refractivity contribution in [3.05, 3.63) is 35.4 Å². The molecule has 4 nitrogen and oxygen atoms in total. The van der Waals surface area contributed by atoms with Crippen LogP contribution in [0.25, 0.3) is 0 Å². The third kappa shape index (κ3) is 4.09. The predicted molar refractivity (Wildman–Crippen MR) is 87.7 cm³/mol. The van der Waals surface area contributed by atoms with E-state index >= 15 is 0 Å². The molecule has 1 aliphatic heterocycles. The normalized spacial score (nSPS) is 15.8. The van der Waals surface area contributed by atoms with Gasteiger partial charge in [-0.3, -0.25) is 9.59 Å². The summed E-state index contributed by atoms with van der Waals surface area (Å²) in [4.78, 5) is 27.3. The number of piperazine rings is 1. The molecule has 1 aromatic carbocycles. The molecule has 1 heterocycles. The van der Waals surface area contributed by atoms with Gasteiger partial charge in [0.05, 0.1) is 6.42 Å². The summed E-state index contributed by atoms with van der Waals surface area (Å²) < 4.78 is 0. The van der Waals surface area contributed by atoms with Crippen LogP contribution in [0.2, 0.25) is 0 Å². The molecule has 0 aromatic heterocycles. The van der Waals surface area contributed by atoms with E-state index in [4.69, 9.17) is 0 Å². The van der Waals surface area contributed by atoms with E-state index in [9.17, 15) is 9.59 Å². The largest absolute Gasteiger partial charge is 0.339 e. The molecule has 0 atom stereocenters. The van der Waals surface area contributed by atoms with Crippen molar-refractivity contribution in [3.8, 4) is 0 Å². The zero-order valence-corrected chi connectivity index (χ0v) is 14.1. The summed E-state index contributed by atoms with van der Waals surface area (Å²) >= 11 is 0. The van der Waals surface area contributed by atoms with Gasteiger partial charge in [-0.2, -0.15) is 0 Å². The zero-order valence-electron chi connectivity index (χ0n) is 14.1. The number of benzene rings is 1. The number of nitrogens with zero attached hydrogens (tertiary/aromatic N) is 2. The Hall–Kier alpha value is -1.84. The van der Waals surface area contributed by atoms with E-state index in [0.717, 1.165) is 5.56 Å². The van der Waals surface area contributed by atoms with Crippen LogP contribution in [0.4, 0.5) is 0 Å². The number of carbonyl (C=O) groups excluding carboxylic acids is 2. The van der Waals surface area contributed by atoms with Gasteiger partial charge >= 0.3 is 0 Å². The van der Waals surface area contributed by atoms with Gasteiger partial charge in [0.25, 0.3) is 0 Å². The minimum atomic E-state index is 0.0878. The first-order valence-corrected chi connectivity index (χ1v) is 7.90. The van der Waals surface area contributed by atoms with Crippen LogP contribution in [-0.4, -0.2) is 47.8 Å². The fourth-order valence-corrected chi connectivity index (χ4v) is 2.68. The first-order chi connectivity index (χ1) is 10.3. The second-order valence-electron chi connectivity index (χ2n) is 7.01. The lowest BCUT2D eigenvalue weighted by Crippen LogP contribution is -2.50. The average molecular weight is 302 g/mol. The van der Waals surface area contributed by atoms with Crippen LogP contribution in [0, 0.1) is 0 Å². The SMILES string of the molecule is CC(=O)N1CCN(C(=O)Cc2ccc(C(C)(C)C)cc2)CC1. The Morgan fingerprint density at radius 1 is 0.955 bits per heavy atom. The van der Waals surface area contributed by atoms with Gasteiger partial charge in [0.1, 0.15) is 0 Å². The highest BCUT2D eigenvalue weighted by Crippen LogP contribution is 2.22. The molecule has 4 heteroatoms. The van der Waals surface area contributed by atoms with Gasteiger partial charge in [0, 0.05) is 33.1 Å². The van der Waals surface area contributed by atoms with E-state index in [0.29, 0.717) is 32.6 Å². The number of amides is 2. The van der Waals surface area contributed by atoms with E-state index in [2.05, 4.69) is 32.9 Å². The maximum absolute atomic E-state index is 12.3. The van der Waals surface area contributed by atoms with Crippen LogP contribution in [0.15, 0.2) is 24.3 Å². The first kappa shape index (κ1) is 16.5. The highest BCUT2D eigenvalue weighted by Gasteiger charge is 2.22. The molecular weight excluding hydrogens is 276 g/mol. The summed E-state index contributed by atoms with van der Waals surface area (Å²) in [6.07, 6.45) is 0.435. The third-order valence-corrected chi connectivity index (χ3v) is 4.25. The number of hydrogen-bond donors (Lipinski definition) is 0. The van der Waals surface area contributed by atoms with E-state index in [1.807, 2.05) is 17.0 Å². The molecule has 1 aromatic rings. The van der Waals surface area contributed by atoms with E-state index in [1.165, 1.54) is 5.56 Å². The molecule has 1 aliphatic rings. The van der Waals surface area contributed by atoms with Crippen molar-refractivity contribution >= 4 is 11.8 Å². The summed E-state index contributed by atoms with van der Waals surface area (Å²) in [7, 11) is 0. The minimum absolute atomic E-state index is 0.0878. The Labute approximate surface area is 133 Å². The monoisotopic (exact) mass is 302 g/mol. The average Bonchev–Trinajstić information content (AvgIpc) is 2.47. The summed E-state index contributed by atoms with van der Waals surface area (Å²) in [6, 6.07) is 8.31. The molecule has 0 bridgehead atoms. The summed E-state index contributed by atoms with van der Waals surface area (Å²) in [5, 5.41) is 0. The molecule has 2 rings (SSSR count). The van der Waals surface area contributed by atoms with Crippen LogP contribution in [0.1, 0.15) is 38.8 Å². The fraction of sp³-hybridized carbons (Fsp3) is 0.556. The topological polar surface area (TPSA) is 40.6 Å². The molecule has 120 valence electrons. The summed E-state index contributed by atoms with van der Waals surface area (Å²) in [5.41, 5.74) is 2.46. The zero-order chi connectivity index (χ0) is 16.3. The van der Waals surface area contributed by atoms with Crippen LogP contribution in [0.3, 0.4) is 0 Å². The molecule has 0 unspecified atom stereocenters. The highest BCUT2D eigenvalue weighted by atomic mass is 16.2. The van der Waals surface area contributed by atoms with Crippen molar-refractivity contribution in [3.63, 3.8) is 0 Å². The van der Waals surface area contributed by atoms with Crippen LogP contribution in [0.5, 0.6) is 0 Å². The second kappa shape index (κ2) is 6.51. The third-order valence-electron chi connectivity index (χ3n) is 4.25. The molecule has 0 saturated carbocycles. The van der Waals surface area contributed by atoms with Crippen molar-refractivity contribution in [1.29, 1.82) is 0 Å². The predicted octanol–water partition coefficient (Wildman–Crippen LogP) is 2.22. The molecule has 1 saturated heterocycles. The van der Waals surface area contributed by atoms with Crippen molar-refractivity contribution in [2.45, 2.75) is 39.5 Å². The maximum atomic E-state index is 12.3. The van der Waals surface area contributed by atoms with Gasteiger partial charge in [-0.05, 0) is 16.5 Å². The summed E-state index contributed by atoms with van der Waals surface area (Å²) in [5.74, 6) is 0.233.